The van der Waals surface area contributed by atoms with E-state index in [9.17, 15) is 34.2 Å². The topological polar surface area (TPSA) is 184 Å². The molecule has 67 heavy (non-hydrogen) atoms. The highest BCUT2D eigenvalue weighted by atomic mass is 16.7. The van der Waals surface area contributed by atoms with Gasteiger partial charge in [-0.1, -0.05) is 81.8 Å². The summed E-state index contributed by atoms with van der Waals surface area (Å²) in [4.78, 5) is 71.4. The number of methoxy groups -OCH3 is 2. The molecular weight excluding hydrogens is 859 g/mol. The lowest BCUT2D eigenvalue weighted by Crippen LogP contribution is -2.64. The molecule has 0 aromatic heterocycles. The van der Waals surface area contributed by atoms with Gasteiger partial charge < -0.3 is 43.5 Å². The molecule has 14 nitrogen and oxygen atoms in total. The van der Waals surface area contributed by atoms with Crippen molar-refractivity contribution in [3.63, 3.8) is 0 Å². The van der Waals surface area contributed by atoms with E-state index < -0.39 is 77.8 Å². The van der Waals surface area contributed by atoms with Gasteiger partial charge in [0.05, 0.1) is 37.1 Å². The van der Waals surface area contributed by atoms with E-state index in [0.717, 1.165) is 5.57 Å². The van der Waals surface area contributed by atoms with Crippen LogP contribution < -0.4 is 0 Å². The first-order valence-corrected chi connectivity index (χ1v) is 24.5. The van der Waals surface area contributed by atoms with E-state index in [4.69, 9.17) is 28.4 Å². The Morgan fingerprint density at radius 1 is 0.925 bits per heavy atom. The van der Waals surface area contributed by atoms with Crippen molar-refractivity contribution >= 4 is 29.2 Å². The van der Waals surface area contributed by atoms with Gasteiger partial charge in [0, 0.05) is 50.5 Å². The van der Waals surface area contributed by atoms with Crippen LogP contribution in [0.4, 0.5) is 0 Å². The number of nitrogens with zero attached hydrogens (tertiary/aromatic N) is 1. The van der Waals surface area contributed by atoms with Crippen molar-refractivity contribution in [2.24, 2.45) is 29.6 Å². The normalized spacial score (nSPS) is 36.5. The zero-order valence-corrected chi connectivity index (χ0v) is 41.1. The second kappa shape index (κ2) is 25.1. The van der Waals surface area contributed by atoms with Gasteiger partial charge in [-0.25, -0.2) is 4.79 Å². The standard InChI is InChI=1S/C53H77NO13/c1-10-23-64-45-29-37(20-21-44(45)65-31-43(57)39-17-13-12-14-18-39)27-34(5)48-36(7)41(55)30-42(56)38(11-2)25-32(3)24-33(4)26-46(62-8)49-47(63-9)28-35(6)53(61,67-49)50(58)51(59)54-22-16-15-19-40(54)52(60)66-48/h10,12-14,17-18,25,27,33,35-38,40-41,44-49,55,61H,1,11,15-16,19-24,26,28-31H2,2-9H3/b32-25+,34-27?. The van der Waals surface area contributed by atoms with Crippen molar-refractivity contribution in [3.05, 3.63) is 71.8 Å². The lowest BCUT2D eigenvalue weighted by atomic mass is 9.81. The predicted octanol–water partition coefficient (Wildman–Crippen LogP) is 6.94. The third-order valence-electron chi connectivity index (χ3n) is 14.5. The number of rotatable bonds is 12. The smallest absolute Gasteiger partial charge is 0.329 e. The van der Waals surface area contributed by atoms with Crippen LogP contribution >= 0.6 is 0 Å². The molecule has 3 fully saturated rings. The summed E-state index contributed by atoms with van der Waals surface area (Å²) in [5.41, 5.74) is 2.19. The molecule has 5 rings (SSSR count). The molecule has 14 unspecified atom stereocenters. The van der Waals surface area contributed by atoms with Gasteiger partial charge in [-0.05, 0) is 95.5 Å². The Kier molecular flexibility index (Phi) is 20.3. The minimum Gasteiger partial charge on any atom is -0.456 e. The molecule has 14 atom stereocenters. The monoisotopic (exact) mass is 936 g/mol. The van der Waals surface area contributed by atoms with Gasteiger partial charge in [0.1, 0.15) is 30.6 Å². The summed E-state index contributed by atoms with van der Waals surface area (Å²) in [6.07, 6.45) is 5.30. The van der Waals surface area contributed by atoms with E-state index in [1.807, 2.05) is 58.0 Å². The SMILES string of the molecule is C=CCOC1CC(C=C(C)C2OC(=O)C3CCCCN3C(=O)C(=O)C3(O)OC(C(OC)CC(C)C/C(C)=C/C(CC)C(=O)CC(O)C2C)C(OC)CC3C)CCC1OCC(=O)c1ccccc1. The molecule has 2 bridgehead atoms. The molecule has 1 saturated carbocycles. The molecule has 0 spiro atoms. The van der Waals surface area contributed by atoms with Gasteiger partial charge >= 0.3 is 5.97 Å². The first kappa shape index (κ1) is 54.1. The minimum absolute atomic E-state index is 0.0162. The number of ketones is 3. The van der Waals surface area contributed by atoms with Crippen LogP contribution in [-0.4, -0.2) is 133 Å². The van der Waals surface area contributed by atoms with Crippen LogP contribution in [0, 0.1) is 29.6 Å². The summed E-state index contributed by atoms with van der Waals surface area (Å²) < 4.78 is 36.8. The fourth-order valence-electron chi connectivity index (χ4n) is 10.6. The predicted molar refractivity (Wildman–Crippen MR) is 252 cm³/mol. The number of hydrogen-bond donors (Lipinski definition) is 2. The summed E-state index contributed by atoms with van der Waals surface area (Å²) in [5.74, 6) is -7.91. The van der Waals surface area contributed by atoms with Gasteiger partial charge in [-0.15, -0.1) is 6.58 Å². The lowest BCUT2D eigenvalue weighted by molar-refractivity contribution is -0.302. The van der Waals surface area contributed by atoms with E-state index in [1.54, 1.807) is 32.1 Å². The van der Waals surface area contributed by atoms with Crippen LogP contribution in [0.25, 0.3) is 0 Å². The number of carbonyl (C=O) groups excluding carboxylic acids is 5. The molecule has 14 heteroatoms. The Bertz CT molecular complexity index is 1920. The molecule has 1 aromatic rings. The number of allylic oxidation sites excluding steroid dienone is 3. The number of amides is 1. The third-order valence-corrected chi connectivity index (χ3v) is 14.5. The Morgan fingerprint density at radius 2 is 1.63 bits per heavy atom. The molecule has 0 radical (unpaired) electrons. The summed E-state index contributed by atoms with van der Waals surface area (Å²) >= 11 is 0. The van der Waals surface area contributed by atoms with E-state index in [-0.39, 0.29) is 74.6 Å². The summed E-state index contributed by atoms with van der Waals surface area (Å²) in [6, 6.07) is 7.81. The lowest BCUT2D eigenvalue weighted by Gasteiger charge is -2.47. The van der Waals surface area contributed by atoms with Gasteiger partial charge in [-0.3, -0.25) is 19.2 Å². The second-order valence-corrected chi connectivity index (χ2v) is 19.6. The summed E-state index contributed by atoms with van der Waals surface area (Å²) in [6.45, 7) is 15.2. The number of esters is 1. The quantitative estimate of drug-likeness (QED) is 0.0953. The number of aliphatic hydroxyl groups is 2. The zero-order valence-electron chi connectivity index (χ0n) is 41.1. The molecule has 2 N–H and O–H groups in total. The van der Waals surface area contributed by atoms with E-state index in [2.05, 4.69) is 6.58 Å². The molecule has 3 aliphatic heterocycles. The Balaban J connectivity index is 1.47. The van der Waals surface area contributed by atoms with E-state index in [0.29, 0.717) is 62.5 Å². The van der Waals surface area contributed by atoms with Gasteiger partial charge in [0.25, 0.3) is 11.7 Å². The zero-order chi connectivity index (χ0) is 49.0. The number of hydrogen-bond acceptors (Lipinski definition) is 13. The molecule has 3 heterocycles. The number of piperidine rings is 1. The van der Waals surface area contributed by atoms with Gasteiger partial charge in [-0.2, -0.15) is 0 Å². The van der Waals surface area contributed by atoms with Gasteiger partial charge in [0.2, 0.25) is 5.79 Å². The average Bonchev–Trinajstić information content (AvgIpc) is 3.32. The molecule has 2 saturated heterocycles. The molecule has 372 valence electrons. The third kappa shape index (κ3) is 13.7. The summed E-state index contributed by atoms with van der Waals surface area (Å²) in [7, 11) is 3.06. The number of aliphatic hydroxyl groups excluding tert-OH is 1. The maximum absolute atomic E-state index is 14.6. The maximum atomic E-state index is 14.6. The minimum atomic E-state index is -2.53. The van der Waals surface area contributed by atoms with Crippen LogP contribution in [0.15, 0.2) is 66.3 Å². The molecular formula is C53H77NO13. The highest BCUT2D eigenvalue weighted by molar-refractivity contribution is 6.39. The van der Waals surface area contributed by atoms with Crippen molar-refractivity contribution in [1.29, 1.82) is 0 Å². The van der Waals surface area contributed by atoms with Gasteiger partial charge in [0.15, 0.2) is 5.78 Å². The van der Waals surface area contributed by atoms with Crippen molar-refractivity contribution in [2.75, 3.05) is 34.0 Å². The van der Waals surface area contributed by atoms with Crippen molar-refractivity contribution < 1.29 is 62.6 Å². The van der Waals surface area contributed by atoms with Crippen molar-refractivity contribution in [3.8, 4) is 0 Å². The molecule has 1 aliphatic carbocycles. The average molecular weight is 936 g/mol. The van der Waals surface area contributed by atoms with E-state index in [1.165, 1.54) is 19.1 Å². The van der Waals surface area contributed by atoms with Crippen molar-refractivity contribution in [2.45, 2.75) is 167 Å². The van der Waals surface area contributed by atoms with Crippen molar-refractivity contribution in [1.82, 2.24) is 4.90 Å². The largest absolute Gasteiger partial charge is 0.456 e. The van der Waals surface area contributed by atoms with Crippen LogP contribution in [0.5, 0.6) is 0 Å². The van der Waals surface area contributed by atoms with Crippen LogP contribution in [-0.2, 0) is 47.6 Å². The number of ether oxygens (including phenoxy) is 6. The van der Waals surface area contributed by atoms with Crippen LogP contribution in [0.1, 0.15) is 123 Å². The number of fused-ring (bicyclic) bond motifs is 3. The Morgan fingerprint density at radius 3 is 2.30 bits per heavy atom. The number of Topliss-reactive ketones (excluding diaryl/α,β-unsaturated/α-hetero) is 3. The second-order valence-electron chi connectivity index (χ2n) is 19.6. The first-order chi connectivity index (χ1) is 31.9. The number of carbonyl (C=O) groups is 5. The maximum Gasteiger partial charge on any atom is 0.329 e. The fourth-order valence-corrected chi connectivity index (χ4v) is 10.6. The molecule has 4 aliphatic rings. The fraction of sp³-hybridized carbons (Fsp3) is 0.679. The highest BCUT2D eigenvalue weighted by Gasteiger charge is 2.56. The molecule has 1 aromatic carbocycles. The Hall–Kier alpha value is -3.89. The summed E-state index contributed by atoms with van der Waals surface area (Å²) in [5, 5.41) is 24.0. The highest BCUT2D eigenvalue weighted by Crippen LogP contribution is 2.39. The Labute approximate surface area is 397 Å². The van der Waals surface area contributed by atoms with Crippen LogP contribution in [0.2, 0.25) is 0 Å². The molecule has 1 amide bonds. The number of cyclic esters (lactones) is 1. The van der Waals surface area contributed by atoms with Crippen LogP contribution in [0.3, 0.4) is 0 Å². The number of benzene rings is 1. The first-order valence-electron chi connectivity index (χ1n) is 24.5. The van der Waals surface area contributed by atoms with E-state index >= 15 is 0 Å².